The number of aliphatic imine (C=N–C) groups is 1. The van der Waals surface area contributed by atoms with E-state index in [0.717, 1.165) is 43.9 Å². The van der Waals surface area contributed by atoms with Crippen LogP contribution >= 0.6 is 0 Å². The first-order chi connectivity index (χ1) is 13.2. The van der Waals surface area contributed by atoms with Gasteiger partial charge in [0.1, 0.15) is 0 Å². The normalized spacial score (nSPS) is 17.1. The number of carbonyl (C=O) groups excluding carboxylic acids is 1. The van der Waals surface area contributed by atoms with Crippen molar-refractivity contribution in [3.8, 4) is 0 Å². The number of guanidine groups is 1. The number of nitrogens with zero attached hydrogens (tertiary/aromatic N) is 2. The molecular weight excluding hydrogens is 340 g/mol. The van der Waals surface area contributed by atoms with Gasteiger partial charge in [0.05, 0.1) is 6.10 Å². The highest BCUT2D eigenvalue weighted by atomic mass is 16.3. The summed E-state index contributed by atoms with van der Waals surface area (Å²) in [4.78, 5) is 18.6. The van der Waals surface area contributed by atoms with E-state index < -0.39 is 6.10 Å². The molecule has 6 nitrogen and oxygen atoms in total. The zero-order valence-corrected chi connectivity index (χ0v) is 16.7. The Bertz CT molecular complexity index is 591. The molecule has 3 N–H and O–H groups in total. The molecule has 0 aliphatic carbocycles. The van der Waals surface area contributed by atoms with Crippen LogP contribution in [-0.4, -0.2) is 54.1 Å². The van der Waals surface area contributed by atoms with Crippen molar-refractivity contribution in [2.75, 3.05) is 26.2 Å². The van der Waals surface area contributed by atoms with Gasteiger partial charge in [0.15, 0.2) is 5.96 Å². The highest BCUT2D eigenvalue weighted by Crippen LogP contribution is 2.18. The Labute approximate surface area is 163 Å². The van der Waals surface area contributed by atoms with Gasteiger partial charge in [-0.05, 0) is 38.2 Å². The van der Waals surface area contributed by atoms with E-state index in [2.05, 4.69) is 22.5 Å². The van der Waals surface area contributed by atoms with Gasteiger partial charge >= 0.3 is 0 Å². The smallest absolute Gasteiger partial charge is 0.222 e. The second-order valence-electron chi connectivity index (χ2n) is 6.94. The topological polar surface area (TPSA) is 77.0 Å². The minimum Gasteiger partial charge on any atom is -0.388 e. The third kappa shape index (κ3) is 6.86. The summed E-state index contributed by atoms with van der Waals surface area (Å²) in [6.45, 7) is 7.16. The molecule has 1 aliphatic heterocycles. The Kier molecular flexibility index (Phi) is 9.11. The maximum absolute atomic E-state index is 11.9. The molecule has 1 heterocycles. The molecule has 0 aromatic heterocycles. The molecule has 1 aliphatic rings. The number of amides is 1. The number of hydrogen-bond donors (Lipinski definition) is 3. The molecule has 2 rings (SSSR count). The molecular formula is C21H34N4O2. The van der Waals surface area contributed by atoms with Gasteiger partial charge in [-0.25, -0.2) is 0 Å². The number of nitrogens with one attached hydrogen (secondary N) is 2. The van der Waals surface area contributed by atoms with Gasteiger partial charge in [-0.2, -0.15) is 0 Å². The van der Waals surface area contributed by atoms with Crippen molar-refractivity contribution in [3.05, 3.63) is 35.9 Å². The quantitative estimate of drug-likeness (QED) is 0.434. The molecule has 0 saturated carbocycles. The highest BCUT2D eigenvalue weighted by Gasteiger charge is 2.26. The van der Waals surface area contributed by atoms with Crippen LogP contribution in [0.2, 0.25) is 0 Å². The summed E-state index contributed by atoms with van der Waals surface area (Å²) >= 11 is 0. The van der Waals surface area contributed by atoms with E-state index >= 15 is 0 Å². The fraction of sp³-hybridized carbons (Fsp3) is 0.619. The number of benzene rings is 1. The summed E-state index contributed by atoms with van der Waals surface area (Å²) in [6.07, 6.45) is 3.65. The highest BCUT2D eigenvalue weighted by molar-refractivity contribution is 5.79. The molecule has 27 heavy (non-hydrogen) atoms. The first-order valence-electron chi connectivity index (χ1n) is 10.2. The Morgan fingerprint density at radius 3 is 2.63 bits per heavy atom. The van der Waals surface area contributed by atoms with Crippen LogP contribution in [0.15, 0.2) is 35.3 Å². The molecule has 1 aromatic carbocycles. The maximum atomic E-state index is 11.9. The lowest BCUT2D eigenvalue weighted by Crippen LogP contribution is -2.39. The average molecular weight is 375 g/mol. The molecule has 0 spiro atoms. The number of carbonyl (C=O) groups is 1. The van der Waals surface area contributed by atoms with Gasteiger partial charge in [0.25, 0.3) is 0 Å². The third-order valence-corrected chi connectivity index (χ3v) is 4.99. The van der Waals surface area contributed by atoms with E-state index in [-0.39, 0.29) is 11.9 Å². The first kappa shape index (κ1) is 21.2. The minimum absolute atomic E-state index is 0.283. The minimum atomic E-state index is -0.479. The van der Waals surface area contributed by atoms with E-state index in [0.29, 0.717) is 25.9 Å². The molecule has 150 valence electrons. The number of rotatable bonds is 10. The third-order valence-electron chi connectivity index (χ3n) is 4.99. The molecule has 1 amide bonds. The molecule has 1 saturated heterocycles. The van der Waals surface area contributed by atoms with Crippen molar-refractivity contribution >= 4 is 11.9 Å². The van der Waals surface area contributed by atoms with Gasteiger partial charge in [-0.15, -0.1) is 0 Å². The van der Waals surface area contributed by atoms with Crippen molar-refractivity contribution in [3.63, 3.8) is 0 Å². The first-order valence-corrected chi connectivity index (χ1v) is 10.2. The Morgan fingerprint density at radius 2 is 2.00 bits per heavy atom. The molecule has 6 heteroatoms. The van der Waals surface area contributed by atoms with Gasteiger partial charge in [0, 0.05) is 38.6 Å². The summed E-state index contributed by atoms with van der Waals surface area (Å²) in [5, 5.41) is 16.8. The molecule has 2 atom stereocenters. The zero-order chi connectivity index (χ0) is 19.5. The van der Waals surface area contributed by atoms with Crippen LogP contribution in [0.3, 0.4) is 0 Å². The largest absolute Gasteiger partial charge is 0.388 e. The van der Waals surface area contributed by atoms with E-state index in [1.807, 2.05) is 42.2 Å². The van der Waals surface area contributed by atoms with E-state index in [1.165, 1.54) is 0 Å². The van der Waals surface area contributed by atoms with Crippen LogP contribution in [0.1, 0.15) is 57.6 Å². The summed E-state index contributed by atoms with van der Waals surface area (Å²) in [7, 11) is 0. The Hall–Kier alpha value is -2.08. The Balaban J connectivity index is 1.78. The second-order valence-corrected chi connectivity index (χ2v) is 6.94. The van der Waals surface area contributed by atoms with E-state index in [4.69, 9.17) is 0 Å². The zero-order valence-electron chi connectivity index (χ0n) is 16.7. The van der Waals surface area contributed by atoms with Gasteiger partial charge in [-0.3, -0.25) is 9.79 Å². The van der Waals surface area contributed by atoms with Gasteiger partial charge in [-0.1, -0.05) is 37.3 Å². The van der Waals surface area contributed by atoms with Crippen molar-refractivity contribution in [1.29, 1.82) is 0 Å². The molecule has 1 fully saturated rings. The van der Waals surface area contributed by atoms with Crippen LogP contribution in [0.25, 0.3) is 0 Å². The lowest BCUT2D eigenvalue weighted by atomic mass is 10.1. The van der Waals surface area contributed by atoms with Crippen LogP contribution in [0, 0.1) is 0 Å². The van der Waals surface area contributed by atoms with E-state index in [9.17, 15) is 9.90 Å². The van der Waals surface area contributed by atoms with Crippen molar-refractivity contribution < 1.29 is 9.90 Å². The Morgan fingerprint density at radius 1 is 1.22 bits per heavy atom. The number of likely N-dealkylation sites (tertiary alicyclic amines) is 1. The molecule has 0 radical (unpaired) electrons. The van der Waals surface area contributed by atoms with Crippen molar-refractivity contribution in [1.82, 2.24) is 15.5 Å². The standard InChI is InChI=1S/C21H34N4O2/c1-3-18(25-16-8-11-20(25)27)12-14-23-21(22-4-2)24-15-13-19(26)17-9-6-5-7-10-17/h5-7,9-10,18-19,26H,3-4,8,11-16H2,1-2H3,(H2,22,23,24). The van der Waals surface area contributed by atoms with Crippen LogP contribution in [0.5, 0.6) is 0 Å². The maximum Gasteiger partial charge on any atom is 0.222 e. The van der Waals surface area contributed by atoms with Crippen LogP contribution < -0.4 is 10.6 Å². The van der Waals surface area contributed by atoms with Crippen molar-refractivity contribution in [2.45, 2.75) is 58.1 Å². The van der Waals surface area contributed by atoms with Crippen LogP contribution in [0.4, 0.5) is 0 Å². The summed E-state index contributed by atoms with van der Waals surface area (Å²) in [6, 6.07) is 9.98. The summed E-state index contributed by atoms with van der Waals surface area (Å²) in [5.74, 6) is 1.05. The summed E-state index contributed by atoms with van der Waals surface area (Å²) in [5.41, 5.74) is 0.933. The number of hydrogen-bond acceptors (Lipinski definition) is 3. The predicted molar refractivity (Wildman–Crippen MR) is 110 cm³/mol. The van der Waals surface area contributed by atoms with Gasteiger partial charge in [0.2, 0.25) is 5.91 Å². The summed E-state index contributed by atoms with van der Waals surface area (Å²) < 4.78 is 0. The predicted octanol–water partition coefficient (Wildman–Crippen LogP) is 2.46. The van der Waals surface area contributed by atoms with Crippen molar-refractivity contribution in [2.24, 2.45) is 4.99 Å². The van der Waals surface area contributed by atoms with Crippen LogP contribution in [-0.2, 0) is 4.79 Å². The van der Waals surface area contributed by atoms with Gasteiger partial charge < -0.3 is 20.6 Å². The lowest BCUT2D eigenvalue weighted by molar-refractivity contribution is -0.129. The monoisotopic (exact) mass is 374 g/mol. The molecule has 2 unspecified atom stereocenters. The fourth-order valence-electron chi connectivity index (χ4n) is 3.47. The van der Waals surface area contributed by atoms with E-state index in [1.54, 1.807) is 0 Å². The lowest BCUT2D eigenvalue weighted by Gasteiger charge is -2.26. The SMILES string of the molecule is CCNC(=NCCC(CC)N1CCCC1=O)NCCC(O)c1ccccc1. The number of aliphatic hydroxyl groups is 1. The fourth-order valence-corrected chi connectivity index (χ4v) is 3.47. The number of aliphatic hydroxyl groups excluding tert-OH is 1. The molecule has 1 aromatic rings. The average Bonchev–Trinajstić information content (AvgIpc) is 3.11. The second kappa shape index (κ2) is 11.6. The molecule has 0 bridgehead atoms.